The lowest BCUT2D eigenvalue weighted by Gasteiger charge is -2.08. The van der Waals surface area contributed by atoms with E-state index < -0.39 is 5.97 Å². The molecule has 2 aromatic heterocycles. The minimum atomic E-state index is -0.390. The van der Waals surface area contributed by atoms with E-state index in [9.17, 15) is 9.59 Å². The van der Waals surface area contributed by atoms with Gasteiger partial charge in [-0.25, -0.2) is 4.79 Å². The second-order valence-electron chi connectivity index (χ2n) is 7.42. The summed E-state index contributed by atoms with van der Waals surface area (Å²) < 4.78 is 12.4. The number of nitrogens with one attached hydrogen (secondary N) is 1. The molecule has 0 aliphatic heterocycles. The molecule has 8 nitrogen and oxygen atoms in total. The Kier molecular flexibility index (Phi) is 7.79. The van der Waals surface area contributed by atoms with Crippen molar-refractivity contribution in [1.29, 1.82) is 0 Å². The van der Waals surface area contributed by atoms with Gasteiger partial charge in [0.25, 0.3) is 5.91 Å². The Labute approximate surface area is 207 Å². The Morgan fingerprint density at radius 3 is 2.49 bits per heavy atom. The highest BCUT2D eigenvalue weighted by atomic mass is 32.2. The van der Waals surface area contributed by atoms with Crippen LogP contribution in [0, 0.1) is 0 Å². The zero-order valence-corrected chi connectivity index (χ0v) is 20.0. The quantitative estimate of drug-likeness (QED) is 0.180. The number of carbonyl (C=O) groups excluding carboxylic acids is 2. The number of hydrogen-bond acceptors (Lipinski definition) is 7. The lowest BCUT2D eigenvalue weighted by Crippen LogP contribution is -2.12. The third kappa shape index (κ3) is 5.88. The van der Waals surface area contributed by atoms with Crippen LogP contribution in [0.1, 0.15) is 33.2 Å². The highest BCUT2D eigenvalue weighted by Gasteiger charge is 2.16. The molecule has 9 heteroatoms. The van der Waals surface area contributed by atoms with Gasteiger partial charge >= 0.3 is 5.97 Å². The number of aromatic nitrogens is 3. The molecule has 0 spiro atoms. The Balaban J connectivity index is 1.37. The van der Waals surface area contributed by atoms with Crippen LogP contribution in [0.3, 0.4) is 0 Å². The van der Waals surface area contributed by atoms with Crippen LogP contribution in [0.15, 0.2) is 89.2 Å². The van der Waals surface area contributed by atoms with E-state index in [4.69, 9.17) is 9.15 Å². The molecule has 35 heavy (non-hydrogen) atoms. The standard InChI is InChI=1S/C26H24N4O4S/c1-3-15-30-23(22-6-5-16-34-22)28-29-26(30)35-17-18-7-9-19(10-8-18)24(31)27-21-13-11-20(12-14-21)25(32)33-4-2/h3,5-14,16H,1,4,15,17H2,2H3,(H,27,31). The maximum atomic E-state index is 12.6. The van der Waals surface area contributed by atoms with Gasteiger partial charge in [-0.1, -0.05) is 30.0 Å². The molecule has 0 radical (unpaired) electrons. The smallest absolute Gasteiger partial charge is 0.338 e. The van der Waals surface area contributed by atoms with Crippen LogP contribution in [0.25, 0.3) is 11.6 Å². The third-order valence-electron chi connectivity index (χ3n) is 5.01. The molecule has 4 aromatic rings. The number of benzene rings is 2. The lowest BCUT2D eigenvalue weighted by atomic mass is 10.1. The predicted molar refractivity (Wildman–Crippen MR) is 134 cm³/mol. The van der Waals surface area contributed by atoms with Gasteiger partial charge in [0.05, 0.1) is 18.4 Å². The maximum Gasteiger partial charge on any atom is 0.338 e. The summed E-state index contributed by atoms with van der Waals surface area (Å²) in [5.74, 6) is 1.34. The van der Waals surface area contributed by atoms with Crippen molar-refractivity contribution in [3.63, 3.8) is 0 Å². The molecule has 0 saturated heterocycles. The van der Waals surface area contributed by atoms with E-state index in [1.165, 1.54) is 0 Å². The number of thioether (sulfide) groups is 1. The minimum Gasteiger partial charge on any atom is -0.462 e. The van der Waals surface area contributed by atoms with Gasteiger partial charge in [0.1, 0.15) is 0 Å². The summed E-state index contributed by atoms with van der Waals surface area (Å²) in [5.41, 5.74) is 2.60. The number of anilines is 1. The Morgan fingerprint density at radius 2 is 1.83 bits per heavy atom. The SMILES string of the molecule is C=CCn1c(SCc2ccc(C(=O)Nc3ccc(C(=O)OCC)cc3)cc2)nnc1-c1ccco1. The number of amides is 1. The molecule has 0 fully saturated rings. The van der Waals surface area contributed by atoms with Gasteiger partial charge in [0.2, 0.25) is 5.82 Å². The number of furan rings is 1. The van der Waals surface area contributed by atoms with Crippen LogP contribution >= 0.6 is 11.8 Å². The van der Waals surface area contributed by atoms with E-state index in [1.807, 2.05) is 28.8 Å². The third-order valence-corrected chi connectivity index (χ3v) is 6.05. The minimum absolute atomic E-state index is 0.234. The zero-order chi connectivity index (χ0) is 24.6. The number of nitrogens with zero attached hydrogens (tertiary/aromatic N) is 3. The van der Waals surface area contributed by atoms with E-state index >= 15 is 0 Å². The van der Waals surface area contributed by atoms with E-state index in [-0.39, 0.29) is 5.91 Å². The molecule has 4 rings (SSSR count). The van der Waals surface area contributed by atoms with Crippen molar-refractivity contribution >= 4 is 29.3 Å². The fourth-order valence-corrected chi connectivity index (χ4v) is 4.19. The summed E-state index contributed by atoms with van der Waals surface area (Å²) in [4.78, 5) is 24.4. The topological polar surface area (TPSA) is 99.2 Å². The summed E-state index contributed by atoms with van der Waals surface area (Å²) in [5, 5.41) is 12.2. The Bertz CT molecular complexity index is 1300. The fraction of sp³-hybridized carbons (Fsp3) is 0.154. The van der Waals surface area contributed by atoms with E-state index in [2.05, 4.69) is 22.1 Å². The zero-order valence-electron chi connectivity index (χ0n) is 19.1. The number of rotatable bonds is 10. The molecule has 0 atom stereocenters. The molecular formula is C26H24N4O4S. The monoisotopic (exact) mass is 488 g/mol. The van der Waals surface area contributed by atoms with Crippen LogP contribution in [0.5, 0.6) is 0 Å². The summed E-state index contributed by atoms with van der Waals surface area (Å²) in [6.45, 7) is 6.44. The van der Waals surface area contributed by atoms with Crippen molar-refractivity contribution in [2.45, 2.75) is 24.4 Å². The molecule has 2 heterocycles. The summed E-state index contributed by atoms with van der Waals surface area (Å²) >= 11 is 1.54. The first kappa shape index (κ1) is 24.0. The van der Waals surface area contributed by atoms with Crippen LogP contribution in [-0.2, 0) is 17.0 Å². The Hall–Kier alpha value is -4.11. The first-order valence-corrected chi connectivity index (χ1v) is 12.0. The van der Waals surface area contributed by atoms with Gasteiger partial charge < -0.3 is 14.5 Å². The van der Waals surface area contributed by atoms with Crippen LogP contribution in [0.2, 0.25) is 0 Å². The summed E-state index contributed by atoms with van der Waals surface area (Å²) in [7, 11) is 0. The molecule has 0 bridgehead atoms. The first-order valence-electron chi connectivity index (χ1n) is 11.0. The van der Waals surface area contributed by atoms with Crippen molar-refractivity contribution in [2.75, 3.05) is 11.9 Å². The molecule has 1 N–H and O–H groups in total. The Morgan fingerprint density at radius 1 is 1.09 bits per heavy atom. The summed E-state index contributed by atoms with van der Waals surface area (Å²) in [6, 6.07) is 17.6. The van der Waals surface area contributed by atoms with Crippen LogP contribution in [-0.4, -0.2) is 33.2 Å². The van der Waals surface area contributed by atoms with Crippen LogP contribution in [0.4, 0.5) is 5.69 Å². The average Bonchev–Trinajstić information content (AvgIpc) is 3.54. The first-order chi connectivity index (χ1) is 17.1. The molecule has 0 aliphatic carbocycles. The normalized spacial score (nSPS) is 10.7. The number of ether oxygens (including phenoxy) is 1. The van der Waals surface area contributed by atoms with Crippen molar-refractivity contribution in [3.05, 3.63) is 96.3 Å². The molecule has 0 unspecified atom stereocenters. The maximum absolute atomic E-state index is 12.6. The number of carbonyl (C=O) groups is 2. The van der Waals surface area contributed by atoms with Crippen molar-refractivity contribution in [2.24, 2.45) is 0 Å². The second-order valence-corrected chi connectivity index (χ2v) is 8.36. The van der Waals surface area contributed by atoms with Gasteiger partial charge in [-0.3, -0.25) is 9.36 Å². The molecule has 2 aromatic carbocycles. The number of allylic oxidation sites excluding steroid dienone is 1. The largest absolute Gasteiger partial charge is 0.462 e. The van der Waals surface area contributed by atoms with Gasteiger partial charge in [-0.05, 0) is 61.0 Å². The molecular weight excluding hydrogens is 464 g/mol. The van der Waals surface area contributed by atoms with Crippen LogP contribution < -0.4 is 5.32 Å². The lowest BCUT2D eigenvalue weighted by molar-refractivity contribution is 0.0526. The van der Waals surface area contributed by atoms with Gasteiger partial charge in [0, 0.05) is 23.5 Å². The predicted octanol–water partition coefficient (Wildman–Crippen LogP) is 5.45. The second kappa shape index (κ2) is 11.3. The van der Waals surface area contributed by atoms with E-state index in [0.29, 0.717) is 47.3 Å². The van der Waals surface area contributed by atoms with E-state index in [0.717, 1.165) is 10.7 Å². The molecule has 0 aliphatic rings. The van der Waals surface area contributed by atoms with Gasteiger partial charge in [-0.2, -0.15) is 0 Å². The molecule has 1 amide bonds. The van der Waals surface area contributed by atoms with Crippen molar-refractivity contribution < 1.29 is 18.7 Å². The number of esters is 1. The van der Waals surface area contributed by atoms with Crippen molar-refractivity contribution in [1.82, 2.24) is 14.8 Å². The molecule has 0 saturated carbocycles. The average molecular weight is 489 g/mol. The highest BCUT2D eigenvalue weighted by Crippen LogP contribution is 2.27. The highest BCUT2D eigenvalue weighted by molar-refractivity contribution is 7.98. The van der Waals surface area contributed by atoms with E-state index in [1.54, 1.807) is 67.4 Å². The molecule has 178 valence electrons. The van der Waals surface area contributed by atoms with Gasteiger partial charge in [0.15, 0.2) is 10.9 Å². The number of hydrogen-bond donors (Lipinski definition) is 1. The van der Waals surface area contributed by atoms with Crippen molar-refractivity contribution in [3.8, 4) is 11.6 Å². The summed E-state index contributed by atoms with van der Waals surface area (Å²) in [6.07, 6.45) is 3.39. The fourth-order valence-electron chi connectivity index (χ4n) is 3.28. The van der Waals surface area contributed by atoms with Gasteiger partial charge in [-0.15, -0.1) is 16.8 Å².